The first kappa shape index (κ1) is 17.9. The maximum atomic E-state index is 12.9. The van der Waals surface area contributed by atoms with Gasteiger partial charge in [-0.3, -0.25) is 4.79 Å². The minimum Gasteiger partial charge on any atom is -0.344 e. The number of hydrogen-bond donors (Lipinski definition) is 1. The molecule has 1 amide bonds. The van der Waals surface area contributed by atoms with Crippen molar-refractivity contribution in [3.05, 3.63) is 58.4 Å². The molecule has 1 N–H and O–H groups in total. The van der Waals surface area contributed by atoms with Crippen molar-refractivity contribution in [1.29, 1.82) is 0 Å². The number of benzene rings is 1. The van der Waals surface area contributed by atoms with E-state index >= 15 is 0 Å². The highest BCUT2D eigenvalue weighted by Gasteiger charge is 2.29. The largest absolute Gasteiger partial charge is 0.344 e. The van der Waals surface area contributed by atoms with Crippen molar-refractivity contribution in [3.8, 4) is 0 Å². The molecule has 23 heavy (non-hydrogen) atoms. The molecule has 0 radical (unpaired) electrons. The Balaban J connectivity index is 0.00000192. The van der Waals surface area contributed by atoms with Crippen LogP contribution in [0, 0.1) is 6.92 Å². The highest BCUT2D eigenvalue weighted by molar-refractivity contribution is 6.30. The smallest absolute Gasteiger partial charge is 0.271 e. The number of carbonyl (C=O) groups excluding carboxylic acids is 1. The molecule has 124 valence electrons. The van der Waals surface area contributed by atoms with Gasteiger partial charge in [0.25, 0.3) is 5.91 Å². The summed E-state index contributed by atoms with van der Waals surface area (Å²) < 4.78 is 1.94. The fraction of sp³-hybridized carbons (Fsp3) is 0.353. The van der Waals surface area contributed by atoms with Crippen LogP contribution in [0.4, 0.5) is 0 Å². The maximum Gasteiger partial charge on any atom is 0.271 e. The van der Waals surface area contributed by atoms with Crippen LogP contribution in [0.15, 0.2) is 36.4 Å². The third kappa shape index (κ3) is 3.55. The lowest BCUT2D eigenvalue weighted by atomic mass is 10.0. The summed E-state index contributed by atoms with van der Waals surface area (Å²) in [6.07, 6.45) is 0. The summed E-state index contributed by atoms with van der Waals surface area (Å²) in [5, 5.41) is 4.06. The van der Waals surface area contributed by atoms with Crippen molar-refractivity contribution < 1.29 is 4.79 Å². The summed E-state index contributed by atoms with van der Waals surface area (Å²) in [4.78, 5) is 14.9. The average molecular weight is 354 g/mol. The van der Waals surface area contributed by atoms with Crippen LogP contribution in [0.5, 0.6) is 0 Å². The Morgan fingerprint density at radius 3 is 2.74 bits per heavy atom. The zero-order valence-electron chi connectivity index (χ0n) is 13.3. The number of aromatic nitrogens is 1. The Kier molecular flexibility index (Phi) is 5.74. The van der Waals surface area contributed by atoms with Gasteiger partial charge in [-0.25, -0.2) is 0 Å². The lowest BCUT2D eigenvalue weighted by Crippen LogP contribution is -2.49. The predicted molar refractivity (Wildman–Crippen MR) is 95.5 cm³/mol. The van der Waals surface area contributed by atoms with Gasteiger partial charge in [-0.2, -0.15) is 0 Å². The van der Waals surface area contributed by atoms with E-state index in [1.54, 1.807) is 0 Å². The van der Waals surface area contributed by atoms with Crippen molar-refractivity contribution in [2.75, 3.05) is 19.6 Å². The highest BCUT2D eigenvalue weighted by atomic mass is 35.5. The number of carbonyl (C=O) groups is 1. The van der Waals surface area contributed by atoms with Crippen LogP contribution >= 0.6 is 24.0 Å². The third-order valence-electron chi connectivity index (χ3n) is 4.33. The summed E-state index contributed by atoms with van der Waals surface area (Å²) in [6.45, 7) is 4.25. The summed E-state index contributed by atoms with van der Waals surface area (Å²) >= 11 is 6.11. The second-order valence-electron chi connectivity index (χ2n) is 5.69. The van der Waals surface area contributed by atoms with Gasteiger partial charge in [-0.1, -0.05) is 23.7 Å². The summed E-state index contributed by atoms with van der Waals surface area (Å²) in [5.74, 6) is 0.0714. The van der Waals surface area contributed by atoms with Crippen LogP contribution in [0.3, 0.4) is 0 Å². The van der Waals surface area contributed by atoms with Crippen LogP contribution < -0.4 is 5.32 Å². The highest BCUT2D eigenvalue weighted by Crippen LogP contribution is 2.26. The van der Waals surface area contributed by atoms with E-state index in [2.05, 4.69) is 5.32 Å². The minimum absolute atomic E-state index is 0. The molecule has 0 bridgehead atoms. The van der Waals surface area contributed by atoms with E-state index < -0.39 is 0 Å². The molecule has 2 aromatic rings. The van der Waals surface area contributed by atoms with E-state index in [9.17, 15) is 4.79 Å². The first-order valence-corrected chi connectivity index (χ1v) is 7.85. The van der Waals surface area contributed by atoms with Crippen LogP contribution in [0.25, 0.3) is 0 Å². The lowest BCUT2D eigenvalue weighted by molar-refractivity contribution is 0.0624. The molecule has 1 fully saturated rings. The van der Waals surface area contributed by atoms with Crippen LogP contribution in [-0.4, -0.2) is 35.0 Å². The molecule has 1 aromatic heterocycles. The monoisotopic (exact) mass is 353 g/mol. The fourth-order valence-corrected chi connectivity index (χ4v) is 3.13. The predicted octanol–water partition coefficient (Wildman–Crippen LogP) is 3.20. The topological polar surface area (TPSA) is 37.3 Å². The van der Waals surface area contributed by atoms with Crippen molar-refractivity contribution >= 4 is 29.9 Å². The number of amides is 1. The molecule has 1 saturated heterocycles. The van der Waals surface area contributed by atoms with E-state index in [0.29, 0.717) is 11.6 Å². The molecule has 2 heterocycles. The van der Waals surface area contributed by atoms with E-state index in [1.165, 1.54) is 0 Å². The lowest BCUT2D eigenvalue weighted by Gasteiger charge is -2.36. The van der Waals surface area contributed by atoms with Crippen molar-refractivity contribution in [1.82, 2.24) is 14.8 Å². The number of rotatable bonds is 2. The van der Waals surface area contributed by atoms with Crippen LogP contribution in [0.2, 0.25) is 5.02 Å². The van der Waals surface area contributed by atoms with Crippen molar-refractivity contribution in [2.45, 2.75) is 13.0 Å². The van der Waals surface area contributed by atoms with Gasteiger partial charge in [0.2, 0.25) is 0 Å². The first-order chi connectivity index (χ1) is 10.6. The molecule has 4 nitrogen and oxygen atoms in total. The molecule has 3 rings (SSSR count). The molecular weight excluding hydrogens is 333 g/mol. The molecule has 1 atom stereocenters. The van der Waals surface area contributed by atoms with Gasteiger partial charge in [0.05, 0.1) is 6.04 Å². The van der Waals surface area contributed by atoms with E-state index in [4.69, 9.17) is 11.6 Å². The summed E-state index contributed by atoms with van der Waals surface area (Å²) in [6, 6.07) is 11.6. The molecule has 1 aromatic carbocycles. The molecule has 0 saturated carbocycles. The zero-order chi connectivity index (χ0) is 15.7. The number of nitrogens with zero attached hydrogens (tertiary/aromatic N) is 2. The summed E-state index contributed by atoms with van der Waals surface area (Å²) in [7, 11) is 1.93. The standard InChI is InChI=1S/C17H20ClN3O.ClH/c1-12-6-7-15(20(12)2)17(22)21-9-8-19-11-16(21)13-4-3-5-14(18)10-13;/h3-7,10,16,19H,8-9,11H2,1-2H3;1H. The molecule has 0 aliphatic carbocycles. The summed E-state index contributed by atoms with van der Waals surface area (Å²) in [5.41, 5.74) is 2.88. The number of halogens is 2. The molecule has 1 unspecified atom stereocenters. The second-order valence-corrected chi connectivity index (χ2v) is 6.13. The van der Waals surface area contributed by atoms with E-state index in [1.807, 2.05) is 59.8 Å². The molecule has 6 heteroatoms. The van der Waals surface area contributed by atoms with Gasteiger partial charge >= 0.3 is 0 Å². The molecular formula is C17H21Cl2N3O. The fourth-order valence-electron chi connectivity index (χ4n) is 2.93. The Morgan fingerprint density at radius 2 is 2.09 bits per heavy atom. The number of nitrogens with one attached hydrogen (secondary N) is 1. The van der Waals surface area contributed by atoms with Gasteiger partial charge in [0, 0.05) is 37.4 Å². The number of hydrogen-bond acceptors (Lipinski definition) is 2. The average Bonchev–Trinajstić information content (AvgIpc) is 2.86. The molecule has 0 spiro atoms. The molecule has 1 aliphatic heterocycles. The van der Waals surface area contributed by atoms with E-state index in [0.717, 1.165) is 30.0 Å². The third-order valence-corrected chi connectivity index (χ3v) is 4.56. The van der Waals surface area contributed by atoms with Crippen molar-refractivity contribution in [3.63, 3.8) is 0 Å². The Morgan fingerprint density at radius 1 is 1.30 bits per heavy atom. The van der Waals surface area contributed by atoms with Gasteiger partial charge in [-0.15, -0.1) is 12.4 Å². The number of aryl methyl sites for hydroxylation is 1. The van der Waals surface area contributed by atoms with Crippen LogP contribution in [-0.2, 0) is 7.05 Å². The normalized spacial score (nSPS) is 17.7. The molecule has 1 aliphatic rings. The van der Waals surface area contributed by atoms with Crippen molar-refractivity contribution in [2.24, 2.45) is 7.05 Å². The first-order valence-electron chi connectivity index (χ1n) is 7.47. The number of piperazine rings is 1. The van der Waals surface area contributed by atoms with Gasteiger partial charge < -0.3 is 14.8 Å². The quantitative estimate of drug-likeness (QED) is 0.899. The Hall–Kier alpha value is -1.49. The van der Waals surface area contributed by atoms with Gasteiger partial charge in [0.1, 0.15) is 5.69 Å². The Labute approximate surface area is 147 Å². The van der Waals surface area contributed by atoms with Gasteiger partial charge in [0.15, 0.2) is 0 Å². The second kappa shape index (κ2) is 7.39. The zero-order valence-corrected chi connectivity index (χ0v) is 14.8. The van der Waals surface area contributed by atoms with Gasteiger partial charge in [-0.05, 0) is 36.8 Å². The SMILES string of the molecule is Cc1ccc(C(=O)N2CCNCC2c2cccc(Cl)c2)n1C.Cl. The Bertz CT molecular complexity index is 699. The van der Waals surface area contributed by atoms with E-state index in [-0.39, 0.29) is 24.4 Å². The maximum absolute atomic E-state index is 12.9. The minimum atomic E-state index is 0. The van der Waals surface area contributed by atoms with Crippen LogP contribution in [0.1, 0.15) is 27.8 Å².